The Morgan fingerprint density at radius 3 is 1.50 bits per heavy atom. The number of hydrogen-bond acceptors (Lipinski definition) is 1. The number of unbranched alkanes of at least 4 members (excludes halogenated alkanes) is 11. The van der Waals surface area contributed by atoms with Gasteiger partial charge in [-0.1, -0.05) is 97.8 Å². The van der Waals surface area contributed by atoms with Crippen LogP contribution in [0.2, 0.25) is 0 Å². The zero-order valence-corrected chi connectivity index (χ0v) is 15.6. The summed E-state index contributed by atoms with van der Waals surface area (Å²) in [6.07, 6.45) is 21.3. The molecule has 0 aromatic heterocycles. The molecule has 1 aliphatic carbocycles. The third kappa shape index (κ3) is 7.79. The van der Waals surface area contributed by atoms with Gasteiger partial charge >= 0.3 is 0 Å². The molecule has 0 aromatic carbocycles. The summed E-state index contributed by atoms with van der Waals surface area (Å²) < 4.78 is 0. The minimum Gasteiger partial charge on any atom is -0.303 e. The maximum absolute atomic E-state index is 11.3. The summed E-state index contributed by atoms with van der Waals surface area (Å²) in [6.45, 7) is 6.86. The first-order valence-electron chi connectivity index (χ1n) is 10.00. The summed E-state index contributed by atoms with van der Waals surface area (Å²) in [6, 6.07) is 0. The summed E-state index contributed by atoms with van der Waals surface area (Å²) in [5.74, 6) is 0. The third-order valence-corrected chi connectivity index (χ3v) is 5.44. The van der Waals surface area contributed by atoms with Crippen molar-refractivity contribution in [3.63, 3.8) is 0 Å². The molecule has 0 atom stereocenters. The number of rotatable bonds is 14. The molecular formula is C21H40O. The molecule has 1 heteroatoms. The number of hydrogen-bond donors (Lipinski definition) is 0. The Kier molecular flexibility index (Phi) is 9.36. The molecule has 0 amide bonds. The van der Waals surface area contributed by atoms with E-state index in [-0.39, 0.29) is 5.41 Å². The van der Waals surface area contributed by atoms with Crippen molar-refractivity contribution in [2.45, 2.75) is 117 Å². The minimum atomic E-state index is 0.0575. The lowest BCUT2D eigenvalue weighted by Gasteiger charge is -2.50. The molecule has 0 aliphatic heterocycles. The highest BCUT2D eigenvalue weighted by Crippen LogP contribution is 2.55. The van der Waals surface area contributed by atoms with Crippen molar-refractivity contribution in [2.75, 3.05) is 0 Å². The Hall–Kier alpha value is -0.330. The van der Waals surface area contributed by atoms with Gasteiger partial charge in [0, 0.05) is 5.41 Å². The van der Waals surface area contributed by atoms with Crippen molar-refractivity contribution in [3.8, 4) is 0 Å². The van der Waals surface area contributed by atoms with Crippen LogP contribution in [0.1, 0.15) is 117 Å². The molecule has 0 saturated heterocycles. The van der Waals surface area contributed by atoms with Crippen LogP contribution in [-0.4, -0.2) is 6.29 Å². The molecule has 0 N–H and O–H groups in total. The largest absolute Gasteiger partial charge is 0.303 e. The van der Waals surface area contributed by atoms with Crippen LogP contribution in [0.25, 0.3) is 0 Å². The van der Waals surface area contributed by atoms with Gasteiger partial charge in [-0.05, 0) is 24.7 Å². The monoisotopic (exact) mass is 308 g/mol. The van der Waals surface area contributed by atoms with Crippen LogP contribution in [-0.2, 0) is 4.79 Å². The van der Waals surface area contributed by atoms with Gasteiger partial charge in [0.15, 0.2) is 0 Å². The predicted octanol–water partition coefficient (Wildman–Crippen LogP) is 7.08. The molecule has 1 saturated carbocycles. The van der Waals surface area contributed by atoms with Gasteiger partial charge in [-0.15, -0.1) is 0 Å². The van der Waals surface area contributed by atoms with Crippen LogP contribution in [0.5, 0.6) is 0 Å². The molecule has 22 heavy (non-hydrogen) atoms. The van der Waals surface area contributed by atoms with Crippen molar-refractivity contribution in [3.05, 3.63) is 0 Å². The van der Waals surface area contributed by atoms with Gasteiger partial charge in [-0.2, -0.15) is 0 Å². The zero-order chi connectivity index (χ0) is 16.3. The van der Waals surface area contributed by atoms with Gasteiger partial charge in [-0.25, -0.2) is 0 Å². The Labute approximate surface area is 139 Å². The molecule has 0 aromatic rings. The van der Waals surface area contributed by atoms with Crippen molar-refractivity contribution in [1.82, 2.24) is 0 Å². The van der Waals surface area contributed by atoms with Crippen molar-refractivity contribution < 1.29 is 4.79 Å². The normalized spacial score (nSPS) is 18.9. The fraction of sp³-hybridized carbons (Fsp3) is 0.952. The highest BCUT2D eigenvalue weighted by Gasteiger charge is 2.48. The van der Waals surface area contributed by atoms with E-state index in [0.29, 0.717) is 5.41 Å². The third-order valence-electron chi connectivity index (χ3n) is 5.44. The van der Waals surface area contributed by atoms with E-state index in [1.807, 2.05) is 0 Å². The van der Waals surface area contributed by atoms with Crippen molar-refractivity contribution in [2.24, 2.45) is 10.8 Å². The second-order valence-electron chi connectivity index (χ2n) is 8.64. The highest BCUT2D eigenvalue weighted by atomic mass is 16.1. The Bertz CT molecular complexity index is 284. The van der Waals surface area contributed by atoms with Crippen molar-refractivity contribution in [1.29, 1.82) is 0 Å². The van der Waals surface area contributed by atoms with E-state index in [0.717, 1.165) is 19.3 Å². The molecule has 1 nitrogen and oxygen atoms in total. The molecule has 0 bridgehead atoms. The fourth-order valence-electron chi connectivity index (χ4n) is 4.49. The number of aldehydes is 1. The quantitative estimate of drug-likeness (QED) is 0.247. The molecule has 1 rings (SSSR count). The maximum Gasteiger partial charge on any atom is 0.126 e. The molecule has 130 valence electrons. The van der Waals surface area contributed by atoms with E-state index >= 15 is 0 Å². The highest BCUT2D eigenvalue weighted by molar-refractivity contribution is 5.61. The molecule has 1 aliphatic rings. The lowest BCUT2D eigenvalue weighted by atomic mass is 9.53. The lowest BCUT2D eigenvalue weighted by Crippen LogP contribution is -2.44. The summed E-state index contributed by atoms with van der Waals surface area (Å²) in [5.41, 5.74) is 0.472. The van der Waals surface area contributed by atoms with Crippen LogP contribution < -0.4 is 0 Å². The van der Waals surface area contributed by atoms with Crippen molar-refractivity contribution >= 4 is 6.29 Å². The van der Waals surface area contributed by atoms with Crippen LogP contribution >= 0.6 is 0 Å². The van der Waals surface area contributed by atoms with Gasteiger partial charge in [0.25, 0.3) is 0 Å². The topological polar surface area (TPSA) is 17.1 Å². The van der Waals surface area contributed by atoms with Crippen LogP contribution in [0, 0.1) is 10.8 Å². The molecule has 0 radical (unpaired) electrons. The molecule has 1 fully saturated rings. The lowest BCUT2D eigenvalue weighted by molar-refractivity contribution is -0.129. The van der Waals surface area contributed by atoms with E-state index in [9.17, 15) is 4.79 Å². The van der Waals surface area contributed by atoms with E-state index in [1.54, 1.807) is 0 Å². The van der Waals surface area contributed by atoms with Crippen LogP contribution in [0.3, 0.4) is 0 Å². The summed E-state index contributed by atoms with van der Waals surface area (Å²) in [7, 11) is 0. The molecule has 0 spiro atoms. The first-order chi connectivity index (χ1) is 10.5. The SMILES string of the molecule is CCCCCCCCCCCCCCC1(C=O)CC(C)(C)C1. The van der Waals surface area contributed by atoms with Gasteiger partial charge in [0.05, 0.1) is 0 Å². The first kappa shape index (κ1) is 19.7. The fourth-order valence-corrected chi connectivity index (χ4v) is 4.49. The zero-order valence-electron chi connectivity index (χ0n) is 15.6. The second-order valence-corrected chi connectivity index (χ2v) is 8.64. The van der Waals surface area contributed by atoms with E-state index in [1.165, 1.54) is 83.3 Å². The van der Waals surface area contributed by atoms with Crippen LogP contribution in [0.4, 0.5) is 0 Å². The predicted molar refractivity (Wildman–Crippen MR) is 97.2 cm³/mol. The standard InChI is InChI=1S/C21H40O/c1-4-5-6-7-8-9-10-11-12-13-14-15-16-21(19-22)17-20(2,3)18-21/h19H,4-18H2,1-3H3. The summed E-state index contributed by atoms with van der Waals surface area (Å²) >= 11 is 0. The van der Waals surface area contributed by atoms with Gasteiger partial charge in [0.1, 0.15) is 6.29 Å². The van der Waals surface area contributed by atoms with Gasteiger partial charge < -0.3 is 4.79 Å². The maximum atomic E-state index is 11.3. The van der Waals surface area contributed by atoms with Gasteiger partial charge in [0.2, 0.25) is 0 Å². The Balaban J connectivity index is 1.85. The van der Waals surface area contributed by atoms with Gasteiger partial charge in [-0.3, -0.25) is 0 Å². The van der Waals surface area contributed by atoms with Crippen LogP contribution in [0.15, 0.2) is 0 Å². The van der Waals surface area contributed by atoms with E-state index in [4.69, 9.17) is 0 Å². The molecular weight excluding hydrogens is 268 g/mol. The smallest absolute Gasteiger partial charge is 0.126 e. The Morgan fingerprint density at radius 2 is 1.14 bits per heavy atom. The minimum absolute atomic E-state index is 0.0575. The summed E-state index contributed by atoms with van der Waals surface area (Å²) in [5, 5.41) is 0. The second kappa shape index (κ2) is 10.4. The summed E-state index contributed by atoms with van der Waals surface area (Å²) in [4.78, 5) is 11.3. The van der Waals surface area contributed by atoms with E-state index < -0.39 is 0 Å². The van der Waals surface area contributed by atoms with E-state index in [2.05, 4.69) is 20.8 Å². The molecule has 0 unspecified atom stereocenters. The average molecular weight is 309 g/mol. The average Bonchev–Trinajstić information content (AvgIpc) is 2.46. The Morgan fingerprint density at radius 1 is 0.727 bits per heavy atom. The molecule has 0 heterocycles. The number of carbonyl (C=O) groups is 1. The number of carbonyl (C=O) groups excluding carboxylic acids is 1. The first-order valence-corrected chi connectivity index (χ1v) is 10.00.